The third-order valence-corrected chi connectivity index (χ3v) is 3.21. The van der Waals surface area contributed by atoms with Crippen LogP contribution in [0.5, 0.6) is 0 Å². The second-order valence-corrected chi connectivity index (χ2v) is 4.91. The lowest BCUT2D eigenvalue weighted by Gasteiger charge is -2.04. The minimum atomic E-state index is -0.633. The van der Waals surface area contributed by atoms with Gasteiger partial charge < -0.3 is 5.73 Å². The number of carbonyl (C=O) groups excluding carboxylic acids is 2. The number of primary amides is 1. The van der Waals surface area contributed by atoms with Crippen LogP contribution < -0.4 is 11.2 Å². The molecule has 0 aliphatic rings. The van der Waals surface area contributed by atoms with Crippen molar-refractivity contribution in [1.82, 2.24) is 5.48 Å². The first-order valence-corrected chi connectivity index (χ1v) is 6.99. The smallest absolute Gasteiger partial charge is 0.267 e. The van der Waals surface area contributed by atoms with Gasteiger partial charge in [0.1, 0.15) is 5.82 Å². The van der Waals surface area contributed by atoms with Crippen molar-refractivity contribution in [2.45, 2.75) is 0 Å². The molecule has 0 unspecified atom stereocenters. The van der Waals surface area contributed by atoms with Crippen LogP contribution in [0.2, 0.25) is 0 Å². The molecule has 0 saturated carbocycles. The van der Waals surface area contributed by atoms with Gasteiger partial charge in [-0.05, 0) is 41.0 Å². The highest BCUT2D eigenvalue weighted by molar-refractivity contribution is 6.23. The quantitative estimate of drug-likeness (QED) is 0.341. The highest BCUT2D eigenvalue weighted by Crippen LogP contribution is 2.19. The SMILES string of the molecule is NC(=O)C(=Cc1ccc(/C=C/C(=O)NO)cc1)c1ccc(F)cc1. The van der Waals surface area contributed by atoms with Crippen LogP contribution in [0.3, 0.4) is 0 Å². The van der Waals surface area contributed by atoms with Crippen molar-refractivity contribution in [3.8, 4) is 0 Å². The summed E-state index contributed by atoms with van der Waals surface area (Å²) in [7, 11) is 0. The first-order valence-electron chi connectivity index (χ1n) is 6.99. The van der Waals surface area contributed by atoms with Crippen LogP contribution in [0.1, 0.15) is 16.7 Å². The molecule has 2 aromatic carbocycles. The maximum absolute atomic E-state index is 13.0. The number of halogens is 1. The van der Waals surface area contributed by atoms with Gasteiger partial charge in [-0.25, -0.2) is 9.87 Å². The van der Waals surface area contributed by atoms with Crippen molar-refractivity contribution in [1.29, 1.82) is 0 Å². The van der Waals surface area contributed by atoms with Crippen molar-refractivity contribution in [2.24, 2.45) is 5.73 Å². The Kier molecular flexibility index (Phi) is 5.59. The van der Waals surface area contributed by atoms with Gasteiger partial charge in [-0.2, -0.15) is 0 Å². The van der Waals surface area contributed by atoms with E-state index in [0.717, 1.165) is 11.1 Å². The first-order chi connectivity index (χ1) is 11.5. The molecule has 0 aliphatic carbocycles. The zero-order valence-electron chi connectivity index (χ0n) is 12.6. The average molecular weight is 326 g/mol. The summed E-state index contributed by atoms with van der Waals surface area (Å²) < 4.78 is 13.0. The standard InChI is InChI=1S/C18H15FN2O3/c19-15-8-6-14(7-9-15)16(18(20)23)11-13-3-1-12(2-4-13)5-10-17(22)21-24/h1-11,24H,(H2,20,23)(H,21,22)/b10-5+,16-11?. The molecule has 2 rings (SSSR count). The molecule has 24 heavy (non-hydrogen) atoms. The zero-order chi connectivity index (χ0) is 17.5. The van der Waals surface area contributed by atoms with Crippen LogP contribution in [-0.2, 0) is 9.59 Å². The summed E-state index contributed by atoms with van der Waals surface area (Å²) in [5, 5.41) is 8.41. The fourth-order valence-electron chi connectivity index (χ4n) is 2.01. The normalized spacial score (nSPS) is 11.5. The lowest BCUT2D eigenvalue weighted by atomic mass is 10.0. The molecule has 0 radical (unpaired) electrons. The van der Waals surface area contributed by atoms with Gasteiger partial charge in [-0.1, -0.05) is 36.4 Å². The van der Waals surface area contributed by atoms with Crippen LogP contribution in [0.4, 0.5) is 4.39 Å². The second-order valence-electron chi connectivity index (χ2n) is 4.91. The van der Waals surface area contributed by atoms with Crippen LogP contribution in [0, 0.1) is 5.82 Å². The van der Waals surface area contributed by atoms with Crippen LogP contribution in [-0.4, -0.2) is 17.0 Å². The van der Waals surface area contributed by atoms with Crippen molar-refractivity contribution in [3.63, 3.8) is 0 Å². The zero-order valence-corrected chi connectivity index (χ0v) is 12.6. The summed E-state index contributed by atoms with van der Waals surface area (Å²) in [6.45, 7) is 0. The van der Waals surface area contributed by atoms with Gasteiger partial charge >= 0.3 is 0 Å². The Bertz CT molecular complexity index is 794. The van der Waals surface area contributed by atoms with Gasteiger partial charge in [0, 0.05) is 11.6 Å². The summed E-state index contributed by atoms with van der Waals surface area (Å²) in [5.74, 6) is -1.65. The van der Waals surface area contributed by atoms with Crippen LogP contribution >= 0.6 is 0 Å². The van der Waals surface area contributed by atoms with E-state index in [0.29, 0.717) is 5.56 Å². The molecule has 0 heterocycles. The predicted octanol–water partition coefficient (Wildman–Crippen LogP) is 2.37. The molecule has 0 fully saturated rings. The Morgan fingerprint density at radius 1 is 1.00 bits per heavy atom. The number of amides is 2. The fraction of sp³-hybridized carbons (Fsp3) is 0. The van der Waals surface area contributed by atoms with E-state index < -0.39 is 17.6 Å². The molecule has 4 N–H and O–H groups in total. The molecule has 0 atom stereocenters. The topological polar surface area (TPSA) is 92.4 Å². The third kappa shape index (κ3) is 4.62. The lowest BCUT2D eigenvalue weighted by Crippen LogP contribution is -2.14. The van der Waals surface area contributed by atoms with Gasteiger partial charge in [0.25, 0.3) is 5.91 Å². The van der Waals surface area contributed by atoms with Crippen molar-refractivity contribution in [3.05, 3.63) is 77.1 Å². The Labute approximate surface area is 137 Å². The minimum Gasteiger partial charge on any atom is -0.366 e. The second kappa shape index (κ2) is 7.85. The van der Waals surface area contributed by atoms with Gasteiger partial charge in [-0.15, -0.1) is 0 Å². The first kappa shape index (κ1) is 17.1. The van der Waals surface area contributed by atoms with E-state index in [1.165, 1.54) is 41.9 Å². The van der Waals surface area contributed by atoms with Crippen LogP contribution in [0.25, 0.3) is 17.7 Å². The van der Waals surface area contributed by atoms with E-state index in [-0.39, 0.29) is 5.57 Å². The third-order valence-electron chi connectivity index (χ3n) is 3.21. The highest BCUT2D eigenvalue weighted by Gasteiger charge is 2.08. The molecular weight excluding hydrogens is 311 g/mol. The maximum Gasteiger partial charge on any atom is 0.267 e. The number of hydrogen-bond acceptors (Lipinski definition) is 3. The van der Waals surface area contributed by atoms with E-state index in [1.807, 2.05) is 0 Å². The highest BCUT2D eigenvalue weighted by atomic mass is 19.1. The van der Waals surface area contributed by atoms with Gasteiger partial charge in [0.05, 0.1) is 0 Å². The summed E-state index contributed by atoms with van der Waals surface area (Å²) in [6.07, 6.45) is 4.30. The number of nitrogens with one attached hydrogen (secondary N) is 1. The van der Waals surface area contributed by atoms with E-state index >= 15 is 0 Å². The molecule has 0 aliphatic heterocycles. The summed E-state index contributed by atoms with van der Waals surface area (Å²) in [6, 6.07) is 12.4. The molecule has 5 nitrogen and oxygen atoms in total. The predicted molar refractivity (Wildman–Crippen MR) is 88.9 cm³/mol. The Hall–Kier alpha value is -3.25. The largest absolute Gasteiger partial charge is 0.366 e. The van der Waals surface area contributed by atoms with Gasteiger partial charge in [0.2, 0.25) is 5.91 Å². The summed E-state index contributed by atoms with van der Waals surface area (Å²) in [5.41, 5.74) is 9.13. The molecule has 2 amide bonds. The van der Waals surface area contributed by atoms with Crippen molar-refractivity contribution < 1.29 is 19.2 Å². The lowest BCUT2D eigenvalue weighted by molar-refractivity contribution is -0.124. The number of nitrogens with two attached hydrogens (primary N) is 1. The molecular formula is C18H15FN2O3. The number of rotatable bonds is 5. The maximum atomic E-state index is 13.0. The summed E-state index contributed by atoms with van der Waals surface area (Å²) in [4.78, 5) is 22.6. The van der Waals surface area contributed by atoms with E-state index in [1.54, 1.807) is 30.3 Å². The number of hydrogen-bond donors (Lipinski definition) is 3. The summed E-state index contributed by atoms with van der Waals surface area (Å²) >= 11 is 0. The van der Waals surface area contributed by atoms with Gasteiger partial charge in [0.15, 0.2) is 0 Å². The van der Waals surface area contributed by atoms with Crippen molar-refractivity contribution >= 4 is 29.5 Å². The van der Waals surface area contributed by atoms with Crippen molar-refractivity contribution in [2.75, 3.05) is 0 Å². The van der Waals surface area contributed by atoms with Gasteiger partial charge in [-0.3, -0.25) is 14.8 Å². The number of carbonyl (C=O) groups is 2. The molecule has 122 valence electrons. The van der Waals surface area contributed by atoms with Crippen LogP contribution in [0.15, 0.2) is 54.6 Å². The number of hydroxylamine groups is 1. The van der Waals surface area contributed by atoms with E-state index in [4.69, 9.17) is 10.9 Å². The minimum absolute atomic E-state index is 0.262. The Morgan fingerprint density at radius 2 is 1.58 bits per heavy atom. The fourth-order valence-corrected chi connectivity index (χ4v) is 2.01. The molecule has 0 saturated heterocycles. The Morgan fingerprint density at radius 3 is 2.12 bits per heavy atom. The molecule has 2 aromatic rings. The molecule has 0 aromatic heterocycles. The number of benzene rings is 2. The van der Waals surface area contributed by atoms with E-state index in [2.05, 4.69) is 0 Å². The molecule has 6 heteroatoms. The monoisotopic (exact) mass is 326 g/mol. The Balaban J connectivity index is 2.27. The van der Waals surface area contributed by atoms with E-state index in [9.17, 15) is 14.0 Å². The molecule has 0 spiro atoms. The molecule has 0 bridgehead atoms. The average Bonchev–Trinajstić information content (AvgIpc) is 2.59.